The Hall–Kier alpha value is -2.34. The first kappa shape index (κ1) is 14.7. The molecule has 0 bridgehead atoms. The summed E-state index contributed by atoms with van der Waals surface area (Å²) in [5, 5.41) is 14.6. The van der Waals surface area contributed by atoms with Crippen LogP contribution in [0.5, 0.6) is 5.75 Å². The number of benzene rings is 1. The number of nitrogen functional groups attached to an aromatic ring is 1. The van der Waals surface area contributed by atoms with Gasteiger partial charge in [0.25, 0.3) is 0 Å². The second-order valence-electron chi connectivity index (χ2n) is 3.79. The fourth-order valence-corrected chi connectivity index (χ4v) is 1.47. The van der Waals surface area contributed by atoms with Gasteiger partial charge in [0, 0.05) is 24.6 Å². The van der Waals surface area contributed by atoms with Crippen LogP contribution in [0.15, 0.2) is 24.3 Å². The first-order valence-electron chi connectivity index (χ1n) is 5.68. The van der Waals surface area contributed by atoms with Crippen LogP contribution in [0.3, 0.4) is 0 Å². The molecule has 1 rings (SSSR count). The third kappa shape index (κ3) is 4.81. The molecule has 1 aromatic carbocycles. The Morgan fingerprint density at radius 3 is 2.74 bits per heavy atom. The summed E-state index contributed by atoms with van der Waals surface area (Å²) >= 11 is 0. The molecule has 0 saturated carbocycles. The number of ether oxygens (including phenoxy) is 2. The van der Waals surface area contributed by atoms with Crippen molar-refractivity contribution >= 4 is 23.6 Å². The van der Waals surface area contributed by atoms with E-state index in [9.17, 15) is 0 Å². The van der Waals surface area contributed by atoms with E-state index < -0.39 is 0 Å². The summed E-state index contributed by atoms with van der Waals surface area (Å²) in [4.78, 5) is 0. The van der Waals surface area contributed by atoms with Crippen molar-refractivity contribution in [3.8, 4) is 5.75 Å². The molecule has 0 aliphatic carbocycles. The summed E-state index contributed by atoms with van der Waals surface area (Å²) in [5.41, 5.74) is 4.17. The van der Waals surface area contributed by atoms with Crippen molar-refractivity contribution in [1.82, 2.24) is 0 Å². The van der Waals surface area contributed by atoms with Crippen LogP contribution in [-0.2, 0) is 4.74 Å². The Morgan fingerprint density at radius 1 is 1.42 bits per heavy atom. The molecule has 0 amide bonds. The van der Waals surface area contributed by atoms with E-state index in [1.807, 2.05) is 12.1 Å². The minimum Gasteiger partial charge on any atom is -0.496 e. The number of nitrogens with one attached hydrogen (secondary N) is 3. The third-order valence-electron chi connectivity index (χ3n) is 2.27. The topological polar surface area (TPSA) is 104 Å². The van der Waals surface area contributed by atoms with Crippen molar-refractivity contribution in [3.05, 3.63) is 29.8 Å². The summed E-state index contributed by atoms with van der Waals surface area (Å²) in [6.45, 7) is 1.48. The van der Waals surface area contributed by atoms with Gasteiger partial charge in [0.05, 0.1) is 7.11 Å². The lowest BCUT2D eigenvalue weighted by Gasteiger charge is -2.07. The molecule has 0 aliphatic heterocycles. The molecule has 0 saturated heterocycles. The number of hydrazine groups is 1. The predicted octanol–water partition coefficient (Wildman–Crippen LogP) is 2.38. The molecule has 0 aromatic heterocycles. The van der Waals surface area contributed by atoms with Gasteiger partial charge in [-0.05, 0) is 18.2 Å². The molecular weight excluding hydrogens is 244 g/mol. The van der Waals surface area contributed by atoms with Crippen molar-refractivity contribution in [2.24, 2.45) is 5.84 Å². The van der Waals surface area contributed by atoms with E-state index in [0.29, 0.717) is 12.2 Å². The Bertz CT molecular complexity index is 497. The van der Waals surface area contributed by atoms with Gasteiger partial charge >= 0.3 is 0 Å². The van der Waals surface area contributed by atoms with Crippen LogP contribution in [0.25, 0.3) is 6.08 Å². The van der Waals surface area contributed by atoms with Gasteiger partial charge in [0.1, 0.15) is 5.75 Å². The van der Waals surface area contributed by atoms with Gasteiger partial charge in [-0.1, -0.05) is 12.2 Å². The number of nitrogens with two attached hydrogens (primary N) is 1. The first-order valence-corrected chi connectivity index (χ1v) is 5.68. The molecule has 0 spiro atoms. The lowest BCUT2D eigenvalue weighted by Crippen LogP contribution is -2.07. The molecule has 0 aliphatic rings. The molecule has 1 aromatic rings. The predicted molar refractivity (Wildman–Crippen MR) is 76.7 cm³/mol. The van der Waals surface area contributed by atoms with E-state index >= 15 is 0 Å². The van der Waals surface area contributed by atoms with Gasteiger partial charge in [-0.3, -0.25) is 16.7 Å². The SMILES string of the molecule is COc1ccc(NN)cc1/C=C/CC(=N)OC(C)=N. The number of rotatable bonds is 5. The van der Waals surface area contributed by atoms with Gasteiger partial charge in [0.2, 0.25) is 0 Å². The van der Waals surface area contributed by atoms with E-state index in [2.05, 4.69) is 5.43 Å². The molecular formula is C13H18N4O2. The Kier molecular flexibility index (Phi) is 5.56. The molecule has 19 heavy (non-hydrogen) atoms. The van der Waals surface area contributed by atoms with Crippen molar-refractivity contribution < 1.29 is 9.47 Å². The molecule has 6 nitrogen and oxygen atoms in total. The zero-order valence-electron chi connectivity index (χ0n) is 11.0. The summed E-state index contributed by atoms with van der Waals surface area (Å²) in [6.07, 6.45) is 3.89. The van der Waals surface area contributed by atoms with E-state index in [4.69, 9.17) is 26.1 Å². The smallest absolute Gasteiger partial charge is 0.192 e. The normalized spacial score (nSPS) is 10.3. The highest BCUT2D eigenvalue weighted by atomic mass is 16.5. The van der Waals surface area contributed by atoms with Crippen LogP contribution in [0.1, 0.15) is 18.9 Å². The van der Waals surface area contributed by atoms with Crippen molar-refractivity contribution in [1.29, 1.82) is 10.8 Å². The zero-order chi connectivity index (χ0) is 14.3. The largest absolute Gasteiger partial charge is 0.496 e. The zero-order valence-corrected chi connectivity index (χ0v) is 11.0. The summed E-state index contributed by atoms with van der Waals surface area (Å²) < 4.78 is 10.1. The van der Waals surface area contributed by atoms with Crippen LogP contribution >= 0.6 is 0 Å². The molecule has 0 unspecified atom stereocenters. The van der Waals surface area contributed by atoms with Crippen LogP contribution in [0.4, 0.5) is 5.69 Å². The lowest BCUT2D eigenvalue weighted by atomic mass is 10.1. The minimum atomic E-state index is 0.00492. The monoisotopic (exact) mass is 262 g/mol. The minimum absolute atomic E-state index is 0.00492. The van der Waals surface area contributed by atoms with Gasteiger partial charge in [-0.2, -0.15) is 0 Å². The summed E-state index contributed by atoms with van der Waals surface area (Å²) in [6, 6.07) is 5.44. The second-order valence-corrected chi connectivity index (χ2v) is 3.79. The Labute approximate surface area is 112 Å². The standard InChI is InChI=1S/C13H18N4O2/c1-9(14)19-13(15)5-3-4-10-8-11(17-16)6-7-12(10)18-2/h3-4,6-8,14-15,17H,5,16H2,1-2H3/b4-3+,14-9?,15-13?. The molecule has 0 radical (unpaired) electrons. The van der Waals surface area contributed by atoms with E-state index in [1.165, 1.54) is 6.92 Å². The number of methoxy groups -OCH3 is 1. The molecule has 0 fully saturated rings. The molecule has 0 atom stereocenters. The van der Waals surface area contributed by atoms with Gasteiger partial charge in [-0.15, -0.1) is 0 Å². The fourth-order valence-electron chi connectivity index (χ4n) is 1.47. The molecule has 102 valence electrons. The summed E-state index contributed by atoms with van der Waals surface area (Å²) in [5.74, 6) is 6.09. The highest BCUT2D eigenvalue weighted by molar-refractivity contribution is 5.88. The Morgan fingerprint density at radius 2 is 2.16 bits per heavy atom. The lowest BCUT2D eigenvalue weighted by molar-refractivity contribution is 0.414. The van der Waals surface area contributed by atoms with Crippen molar-refractivity contribution in [3.63, 3.8) is 0 Å². The third-order valence-corrected chi connectivity index (χ3v) is 2.27. The van der Waals surface area contributed by atoms with Gasteiger partial charge in [0.15, 0.2) is 11.8 Å². The van der Waals surface area contributed by atoms with E-state index in [0.717, 1.165) is 11.3 Å². The van der Waals surface area contributed by atoms with Crippen molar-refractivity contribution in [2.45, 2.75) is 13.3 Å². The van der Waals surface area contributed by atoms with Gasteiger partial charge in [-0.25, -0.2) is 0 Å². The first-order chi connectivity index (χ1) is 9.06. The van der Waals surface area contributed by atoms with Crippen LogP contribution < -0.4 is 16.0 Å². The maximum Gasteiger partial charge on any atom is 0.192 e. The number of hydrogen-bond acceptors (Lipinski definition) is 6. The number of hydrogen-bond donors (Lipinski definition) is 4. The van der Waals surface area contributed by atoms with Crippen LogP contribution in [0.2, 0.25) is 0 Å². The van der Waals surface area contributed by atoms with E-state index in [-0.39, 0.29) is 11.8 Å². The molecule has 5 N–H and O–H groups in total. The van der Waals surface area contributed by atoms with Crippen LogP contribution in [0, 0.1) is 10.8 Å². The summed E-state index contributed by atoms with van der Waals surface area (Å²) in [7, 11) is 1.59. The quantitative estimate of drug-likeness (QED) is 0.283. The average molecular weight is 262 g/mol. The highest BCUT2D eigenvalue weighted by Crippen LogP contribution is 2.23. The fraction of sp³-hybridized carbons (Fsp3) is 0.231. The van der Waals surface area contributed by atoms with E-state index in [1.54, 1.807) is 25.3 Å². The highest BCUT2D eigenvalue weighted by Gasteiger charge is 2.01. The maximum atomic E-state index is 7.48. The maximum absolute atomic E-state index is 7.48. The molecule has 0 heterocycles. The van der Waals surface area contributed by atoms with Crippen LogP contribution in [-0.4, -0.2) is 18.9 Å². The molecule has 6 heteroatoms. The van der Waals surface area contributed by atoms with Crippen molar-refractivity contribution in [2.75, 3.05) is 12.5 Å². The Balaban J connectivity index is 2.74. The van der Waals surface area contributed by atoms with Gasteiger partial charge < -0.3 is 14.9 Å². The number of anilines is 1. The second kappa shape index (κ2) is 7.17. The average Bonchev–Trinajstić information content (AvgIpc) is 2.37.